The lowest BCUT2D eigenvalue weighted by molar-refractivity contribution is -0.121. The van der Waals surface area contributed by atoms with Gasteiger partial charge in [-0.2, -0.15) is 0 Å². The van der Waals surface area contributed by atoms with Crippen molar-refractivity contribution in [3.05, 3.63) is 65.7 Å². The molecule has 4 nitrogen and oxygen atoms in total. The first-order chi connectivity index (χ1) is 12.2. The second-order valence-corrected chi connectivity index (χ2v) is 6.68. The van der Waals surface area contributed by atoms with Gasteiger partial charge in [0.1, 0.15) is 0 Å². The van der Waals surface area contributed by atoms with Crippen LogP contribution in [0.4, 0.5) is 5.69 Å². The van der Waals surface area contributed by atoms with Gasteiger partial charge in [-0.15, -0.1) is 0 Å². The van der Waals surface area contributed by atoms with Crippen molar-refractivity contribution in [2.24, 2.45) is 0 Å². The molecule has 0 bridgehead atoms. The number of nitrogens with zero attached hydrogens (tertiary/aromatic N) is 2. The van der Waals surface area contributed by atoms with Crippen molar-refractivity contribution in [1.82, 2.24) is 10.2 Å². The van der Waals surface area contributed by atoms with E-state index in [1.165, 1.54) is 11.3 Å². The average Bonchev–Trinajstić information content (AvgIpc) is 2.66. The largest absolute Gasteiger partial charge is 0.369 e. The maximum atomic E-state index is 12.0. The summed E-state index contributed by atoms with van der Waals surface area (Å²) in [5, 5.41) is 3.00. The van der Waals surface area contributed by atoms with E-state index in [4.69, 9.17) is 0 Å². The maximum Gasteiger partial charge on any atom is 0.221 e. The molecule has 1 amide bonds. The van der Waals surface area contributed by atoms with Crippen LogP contribution in [0, 0.1) is 6.92 Å². The molecule has 1 heterocycles. The fourth-order valence-electron chi connectivity index (χ4n) is 3.20. The average molecular weight is 337 g/mol. The van der Waals surface area contributed by atoms with Crippen LogP contribution in [0.1, 0.15) is 17.5 Å². The Kier molecular flexibility index (Phi) is 6.07. The molecule has 0 aliphatic carbocycles. The molecule has 0 unspecified atom stereocenters. The normalized spacial score (nSPS) is 15.2. The molecular formula is C21H27N3O. The van der Waals surface area contributed by atoms with Crippen molar-refractivity contribution in [1.29, 1.82) is 0 Å². The number of nitrogens with one attached hydrogen (secondary N) is 1. The highest BCUT2D eigenvalue weighted by molar-refractivity contribution is 5.76. The highest BCUT2D eigenvalue weighted by Gasteiger charge is 2.17. The van der Waals surface area contributed by atoms with Crippen LogP contribution < -0.4 is 10.2 Å². The lowest BCUT2D eigenvalue weighted by Crippen LogP contribution is -2.47. The van der Waals surface area contributed by atoms with E-state index < -0.39 is 0 Å². The molecule has 3 rings (SSSR count). The summed E-state index contributed by atoms with van der Waals surface area (Å²) in [5.41, 5.74) is 3.75. The van der Waals surface area contributed by atoms with Crippen molar-refractivity contribution in [3.8, 4) is 0 Å². The van der Waals surface area contributed by atoms with Crippen molar-refractivity contribution < 1.29 is 4.79 Å². The van der Waals surface area contributed by atoms with Gasteiger partial charge in [-0.1, -0.05) is 42.5 Å². The number of piperazine rings is 1. The molecule has 0 spiro atoms. The maximum absolute atomic E-state index is 12.0. The number of aryl methyl sites for hydroxylation is 1. The van der Waals surface area contributed by atoms with E-state index in [1.807, 2.05) is 30.3 Å². The van der Waals surface area contributed by atoms with E-state index in [9.17, 15) is 4.79 Å². The Balaban J connectivity index is 1.37. The van der Waals surface area contributed by atoms with Crippen LogP contribution in [0.2, 0.25) is 0 Å². The molecular weight excluding hydrogens is 310 g/mol. The molecule has 4 heteroatoms. The lowest BCUT2D eigenvalue weighted by atomic mass is 10.2. The van der Waals surface area contributed by atoms with Gasteiger partial charge in [0.25, 0.3) is 0 Å². The number of anilines is 1. The first-order valence-corrected chi connectivity index (χ1v) is 9.05. The van der Waals surface area contributed by atoms with Gasteiger partial charge in [0.05, 0.1) is 0 Å². The second kappa shape index (κ2) is 8.67. The van der Waals surface area contributed by atoms with E-state index >= 15 is 0 Å². The molecule has 1 aliphatic heterocycles. The van der Waals surface area contributed by atoms with Gasteiger partial charge in [-0.3, -0.25) is 9.69 Å². The molecule has 1 fully saturated rings. The summed E-state index contributed by atoms with van der Waals surface area (Å²) in [5.74, 6) is 0.130. The van der Waals surface area contributed by atoms with Crippen LogP contribution in [0.25, 0.3) is 0 Å². The zero-order valence-corrected chi connectivity index (χ0v) is 14.9. The summed E-state index contributed by atoms with van der Waals surface area (Å²) in [6, 6.07) is 18.7. The molecule has 1 aliphatic rings. The number of rotatable bonds is 6. The van der Waals surface area contributed by atoms with E-state index in [2.05, 4.69) is 46.3 Å². The van der Waals surface area contributed by atoms with Gasteiger partial charge in [0.2, 0.25) is 5.91 Å². The van der Waals surface area contributed by atoms with Crippen molar-refractivity contribution >= 4 is 11.6 Å². The third-order valence-electron chi connectivity index (χ3n) is 4.73. The summed E-state index contributed by atoms with van der Waals surface area (Å²) in [4.78, 5) is 16.8. The molecule has 132 valence electrons. The van der Waals surface area contributed by atoms with Crippen LogP contribution in [0.3, 0.4) is 0 Å². The lowest BCUT2D eigenvalue weighted by Gasteiger charge is -2.36. The Hall–Kier alpha value is -2.33. The molecule has 2 aromatic carbocycles. The SMILES string of the molecule is Cc1cccc(N2CCN(CCC(=O)NCc3ccccc3)CC2)c1. The molecule has 0 radical (unpaired) electrons. The summed E-state index contributed by atoms with van der Waals surface area (Å²) < 4.78 is 0. The van der Waals surface area contributed by atoms with Gasteiger partial charge in [0.15, 0.2) is 0 Å². The minimum atomic E-state index is 0.130. The molecule has 0 saturated carbocycles. The van der Waals surface area contributed by atoms with Gasteiger partial charge < -0.3 is 10.2 Å². The summed E-state index contributed by atoms with van der Waals surface area (Å²) in [6.45, 7) is 7.65. The van der Waals surface area contributed by atoms with Gasteiger partial charge >= 0.3 is 0 Å². The number of carbonyl (C=O) groups is 1. The van der Waals surface area contributed by atoms with Gasteiger partial charge in [-0.25, -0.2) is 0 Å². The van der Waals surface area contributed by atoms with Crippen LogP contribution in [-0.4, -0.2) is 43.5 Å². The van der Waals surface area contributed by atoms with E-state index in [0.717, 1.165) is 38.3 Å². The minimum absolute atomic E-state index is 0.130. The first-order valence-electron chi connectivity index (χ1n) is 9.05. The molecule has 0 aromatic heterocycles. The Labute approximate surface area is 150 Å². The Morgan fingerprint density at radius 1 is 1.00 bits per heavy atom. The van der Waals surface area contributed by atoms with Gasteiger partial charge in [-0.05, 0) is 30.2 Å². The van der Waals surface area contributed by atoms with Crippen LogP contribution in [-0.2, 0) is 11.3 Å². The molecule has 1 saturated heterocycles. The molecule has 1 N–H and O–H groups in total. The zero-order chi connectivity index (χ0) is 17.5. The minimum Gasteiger partial charge on any atom is -0.369 e. The zero-order valence-electron chi connectivity index (χ0n) is 14.9. The highest BCUT2D eigenvalue weighted by atomic mass is 16.1. The number of carbonyl (C=O) groups excluding carboxylic acids is 1. The fourth-order valence-corrected chi connectivity index (χ4v) is 3.20. The standard InChI is InChI=1S/C21H27N3O/c1-18-6-5-9-20(16-18)24-14-12-23(13-15-24)11-10-21(25)22-17-19-7-3-2-4-8-19/h2-9,16H,10-15,17H2,1H3,(H,22,25). The number of amides is 1. The Morgan fingerprint density at radius 2 is 1.76 bits per heavy atom. The molecule has 2 aromatic rings. The monoisotopic (exact) mass is 337 g/mol. The van der Waals surface area contributed by atoms with E-state index in [1.54, 1.807) is 0 Å². The van der Waals surface area contributed by atoms with Gasteiger partial charge in [0, 0.05) is 51.4 Å². The topological polar surface area (TPSA) is 35.6 Å². The summed E-state index contributed by atoms with van der Waals surface area (Å²) >= 11 is 0. The Bertz CT molecular complexity index is 679. The Morgan fingerprint density at radius 3 is 2.48 bits per heavy atom. The smallest absolute Gasteiger partial charge is 0.221 e. The quantitative estimate of drug-likeness (QED) is 0.880. The van der Waals surface area contributed by atoms with Crippen LogP contribution in [0.5, 0.6) is 0 Å². The van der Waals surface area contributed by atoms with E-state index in [-0.39, 0.29) is 5.91 Å². The number of hydrogen-bond donors (Lipinski definition) is 1. The van der Waals surface area contributed by atoms with Crippen molar-refractivity contribution in [2.75, 3.05) is 37.6 Å². The predicted molar refractivity (Wildman–Crippen MR) is 103 cm³/mol. The third-order valence-corrected chi connectivity index (χ3v) is 4.73. The second-order valence-electron chi connectivity index (χ2n) is 6.68. The predicted octanol–water partition coefficient (Wildman–Crippen LogP) is 2.82. The van der Waals surface area contributed by atoms with Crippen LogP contribution >= 0.6 is 0 Å². The number of hydrogen-bond acceptors (Lipinski definition) is 3. The summed E-state index contributed by atoms with van der Waals surface area (Å²) in [7, 11) is 0. The van der Waals surface area contributed by atoms with Crippen molar-refractivity contribution in [2.45, 2.75) is 19.9 Å². The fraction of sp³-hybridized carbons (Fsp3) is 0.381. The number of benzene rings is 2. The molecule has 25 heavy (non-hydrogen) atoms. The van der Waals surface area contributed by atoms with Crippen molar-refractivity contribution in [3.63, 3.8) is 0 Å². The van der Waals surface area contributed by atoms with Crippen LogP contribution in [0.15, 0.2) is 54.6 Å². The van der Waals surface area contributed by atoms with E-state index in [0.29, 0.717) is 13.0 Å². The first kappa shape index (κ1) is 17.5. The highest BCUT2D eigenvalue weighted by Crippen LogP contribution is 2.17. The molecule has 0 atom stereocenters. The summed E-state index contributed by atoms with van der Waals surface area (Å²) in [6.07, 6.45) is 0.567. The third kappa shape index (κ3) is 5.33.